The van der Waals surface area contributed by atoms with E-state index in [1.54, 1.807) is 0 Å². The average molecular weight is 238 g/mol. The second-order valence-electron chi connectivity index (χ2n) is 4.84. The van der Waals surface area contributed by atoms with Crippen LogP contribution < -0.4 is 5.32 Å². The molecule has 0 aliphatic carbocycles. The molecule has 0 spiro atoms. The second kappa shape index (κ2) is 5.65. The molecule has 0 saturated heterocycles. The predicted octanol–water partition coefficient (Wildman–Crippen LogP) is 1.80. The molecule has 1 unspecified atom stereocenters. The van der Waals surface area contributed by atoms with Crippen LogP contribution in [0.4, 0.5) is 0 Å². The van der Waals surface area contributed by atoms with Gasteiger partial charge >= 0.3 is 0 Å². The molecule has 1 N–H and O–H groups in total. The Hall–Kier alpha value is -0.870. The number of hydrogen-bond acceptors (Lipinski definition) is 3. The molecular weight excluding hydrogens is 212 g/mol. The minimum Gasteiger partial charge on any atom is -0.310 e. The molecule has 1 heterocycles. The standard InChI is InChI=1S/C13H26N4/c1-7-13(8-2,16(4)5)12(14-3)11-9-10-17(6)15-11/h9-10,12,14H,7-8H2,1-6H3. The van der Waals surface area contributed by atoms with Crippen LogP contribution in [0.15, 0.2) is 12.3 Å². The molecule has 0 aliphatic rings. The molecule has 0 radical (unpaired) electrons. The SMILES string of the molecule is CCC(CC)(C(NC)c1ccn(C)n1)N(C)C. The number of aromatic nitrogens is 2. The summed E-state index contributed by atoms with van der Waals surface area (Å²) in [5.41, 5.74) is 1.23. The molecule has 0 saturated carbocycles. The Bertz CT molecular complexity index is 339. The quantitative estimate of drug-likeness (QED) is 0.820. The van der Waals surface area contributed by atoms with E-state index in [1.807, 2.05) is 25.0 Å². The van der Waals surface area contributed by atoms with Gasteiger partial charge in [-0.05, 0) is 40.1 Å². The van der Waals surface area contributed by atoms with E-state index in [9.17, 15) is 0 Å². The van der Waals surface area contributed by atoms with Gasteiger partial charge in [0.1, 0.15) is 0 Å². The molecule has 98 valence electrons. The van der Waals surface area contributed by atoms with Gasteiger partial charge in [0, 0.05) is 18.8 Å². The highest BCUT2D eigenvalue weighted by molar-refractivity contribution is 5.14. The molecule has 1 aromatic rings. The third kappa shape index (κ3) is 2.53. The molecule has 1 rings (SSSR count). The first-order valence-corrected chi connectivity index (χ1v) is 6.36. The van der Waals surface area contributed by atoms with E-state index in [2.05, 4.69) is 49.3 Å². The molecule has 1 aromatic heterocycles. The normalized spacial score (nSPS) is 14.3. The lowest BCUT2D eigenvalue weighted by molar-refractivity contribution is 0.0897. The van der Waals surface area contributed by atoms with Gasteiger partial charge < -0.3 is 10.2 Å². The van der Waals surface area contributed by atoms with Gasteiger partial charge in [-0.15, -0.1) is 0 Å². The molecule has 4 heteroatoms. The molecule has 0 amide bonds. The number of nitrogens with one attached hydrogen (secondary N) is 1. The minimum absolute atomic E-state index is 0.114. The van der Waals surface area contributed by atoms with Gasteiger partial charge in [-0.25, -0.2) is 0 Å². The average Bonchev–Trinajstić information content (AvgIpc) is 2.72. The largest absolute Gasteiger partial charge is 0.310 e. The van der Waals surface area contributed by atoms with E-state index in [4.69, 9.17) is 0 Å². The molecular formula is C13H26N4. The van der Waals surface area contributed by atoms with Crippen LogP contribution in [0, 0.1) is 0 Å². The maximum absolute atomic E-state index is 4.55. The van der Waals surface area contributed by atoms with Gasteiger partial charge in [-0.2, -0.15) is 5.10 Å². The van der Waals surface area contributed by atoms with Gasteiger partial charge in [-0.3, -0.25) is 4.68 Å². The molecule has 0 aliphatic heterocycles. The van der Waals surface area contributed by atoms with E-state index >= 15 is 0 Å². The Morgan fingerprint density at radius 2 is 2.00 bits per heavy atom. The predicted molar refractivity (Wildman–Crippen MR) is 72.0 cm³/mol. The van der Waals surface area contributed by atoms with Crippen molar-refractivity contribution in [3.8, 4) is 0 Å². The van der Waals surface area contributed by atoms with Crippen LogP contribution in [-0.4, -0.2) is 41.4 Å². The van der Waals surface area contributed by atoms with Crippen molar-refractivity contribution >= 4 is 0 Å². The van der Waals surface area contributed by atoms with E-state index < -0.39 is 0 Å². The van der Waals surface area contributed by atoms with E-state index in [0.717, 1.165) is 18.5 Å². The van der Waals surface area contributed by atoms with Gasteiger partial charge in [0.25, 0.3) is 0 Å². The fourth-order valence-corrected chi connectivity index (χ4v) is 2.83. The van der Waals surface area contributed by atoms with Crippen molar-refractivity contribution in [3.63, 3.8) is 0 Å². The van der Waals surface area contributed by atoms with Crippen LogP contribution in [0.1, 0.15) is 38.4 Å². The third-order valence-corrected chi connectivity index (χ3v) is 3.97. The van der Waals surface area contributed by atoms with E-state index in [-0.39, 0.29) is 11.6 Å². The Balaban J connectivity index is 3.13. The van der Waals surface area contributed by atoms with Crippen molar-refractivity contribution in [2.24, 2.45) is 7.05 Å². The van der Waals surface area contributed by atoms with Gasteiger partial charge in [0.2, 0.25) is 0 Å². The number of rotatable bonds is 6. The first-order valence-electron chi connectivity index (χ1n) is 6.36. The first kappa shape index (κ1) is 14.2. The lowest BCUT2D eigenvalue weighted by Crippen LogP contribution is -2.52. The lowest BCUT2D eigenvalue weighted by atomic mass is 9.81. The van der Waals surface area contributed by atoms with Crippen molar-refractivity contribution in [1.82, 2.24) is 20.0 Å². The highest BCUT2D eigenvalue weighted by Crippen LogP contribution is 2.34. The Morgan fingerprint density at radius 1 is 1.41 bits per heavy atom. The zero-order valence-electron chi connectivity index (χ0n) is 12.0. The summed E-state index contributed by atoms with van der Waals surface area (Å²) in [7, 11) is 8.29. The monoisotopic (exact) mass is 238 g/mol. The second-order valence-corrected chi connectivity index (χ2v) is 4.84. The van der Waals surface area contributed by atoms with Crippen LogP contribution in [-0.2, 0) is 7.05 Å². The van der Waals surface area contributed by atoms with E-state index in [1.165, 1.54) is 0 Å². The Kier molecular flexibility index (Phi) is 4.71. The topological polar surface area (TPSA) is 33.1 Å². The van der Waals surface area contributed by atoms with E-state index in [0.29, 0.717) is 0 Å². The fourth-order valence-electron chi connectivity index (χ4n) is 2.83. The van der Waals surface area contributed by atoms with Crippen LogP contribution in [0.25, 0.3) is 0 Å². The number of nitrogens with zero attached hydrogens (tertiary/aromatic N) is 3. The van der Waals surface area contributed by atoms with Gasteiger partial charge in [0.05, 0.1) is 11.7 Å². The summed E-state index contributed by atoms with van der Waals surface area (Å²) < 4.78 is 1.87. The number of likely N-dealkylation sites (N-methyl/N-ethyl adjacent to an activating group) is 2. The summed E-state index contributed by atoms with van der Waals surface area (Å²) in [6.45, 7) is 4.49. The fraction of sp³-hybridized carbons (Fsp3) is 0.769. The van der Waals surface area contributed by atoms with Crippen molar-refractivity contribution in [2.75, 3.05) is 21.1 Å². The highest BCUT2D eigenvalue weighted by atomic mass is 15.3. The van der Waals surface area contributed by atoms with Gasteiger partial charge in [-0.1, -0.05) is 13.8 Å². The third-order valence-electron chi connectivity index (χ3n) is 3.97. The highest BCUT2D eigenvalue weighted by Gasteiger charge is 2.39. The minimum atomic E-state index is 0.114. The Morgan fingerprint density at radius 3 is 2.29 bits per heavy atom. The van der Waals surface area contributed by atoms with Crippen molar-refractivity contribution in [2.45, 2.75) is 38.3 Å². The maximum atomic E-state index is 4.55. The zero-order chi connectivity index (χ0) is 13.1. The zero-order valence-corrected chi connectivity index (χ0v) is 12.0. The summed E-state index contributed by atoms with van der Waals surface area (Å²) in [4.78, 5) is 2.32. The molecule has 17 heavy (non-hydrogen) atoms. The van der Waals surface area contributed by atoms with Crippen LogP contribution in [0.5, 0.6) is 0 Å². The van der Waals surface area contributed by atoms with Crippen molar-refractivity contribution in [1.29, 1.82) is 0 Å². The summed E-state index contributed by atoms with van der Waals surface area (Å²) >= 11 is 0. The molecule has 4 nitrogen and oxygen atoms in total. The molecule has 0 aromatic carbocycles. The maximum Gasteiger partial charge on any atom is 0.0812 e. The summed E-state index contributed by atoms with van der Waals surface area (Å²) in [6, 6.07) is 2.36. The Labute approximate surface area is 105 Å². The van der Waals surface area contributed by atoms with Crippen LogP contribution in [0.3, 0.4) is 0 Å². The molecule has 0 bridgehead atoms. The summed E-state index contributed by atoms with van der Waals surface area (Å²) in [5, 5.41) is 7.99. The smallest absolute Gasteiger partial charge is 0.0812 e. The summed E-state index contributed by atoms with van der Waals surface area (Å²) in [5.74, 6) is 0. The van der Waals surface area contributed by atoms with Crippen molar-refractivity contribution in [3.05, 3.63) is 18.0 Å². The summed E-state index contributed by atoms with van der Waals surface area (Å²) in [6.07, 6.45) is 4.20. The number of aryl methyl sites for hydroxylation is 1. The number of hydrogen-bond donors (Lipinski definition) is 1. The van der Waals surface area contributed by atoms with Crippen LogP contribution in [0.2, 0.25) is 0 Å². The van der Waals surface area contributed by atoms with Crippen molar-refractivity contribution < 1.29 is 0 Å². The molecule has 1 atom stereocenters. The molecule has 0 fully saturated rings. The van der Waals surface area contributed by atoms with Gasteiger partial charge in [0.15, 0.2) is 0 Å². The lowest BCUT2D eigenvalue weighted by Gasteiger charge is -2.44. The first-order chi connectivity index (χ1) is 8.01. The van der Waals surface area contributed by atoms with Crippen LogP contribution >= 0.6 is 0 Å².